The summed E-state index contributed by atoms with van der Waals surface area (Å²) < 4.78 is 14.8. The van der Waals surface area contributed by atoms with Gasteiger partial charge in [0.05, 0.1) is 41.4 Å². The van der Waals surface area contributed by atoms with Gasteiger partial charge in [-0.1, -0.05) is 26.0 Å². The number of carboxylic acid groups (broad SMARTS) is 1. The molecule has 0 radical (unpaired) electrons. The number of aromatic carboxylic acids is 1. The van der Waals surface area contributed by atoms with Crippen molar-refractivity contribution in [1.82, 2.24) is 30.3 Å². The number of rotatable bonds is 5. The largest absolute Gasteiger partial charge is 0.478 e. The molecule has 3 aromatic rings. The number of nitrogens with one attached hydrogen (secondary N) is 1. The van der Waals surface area contributed by atoms with E-state index < -0.39 is 29.2 Å². The predicted molar refractivity (Wildman–Crippen MR) is 100.0 cm³/mol. The SMILES string of the molecule is CC(C)(C)C(NC(=O)c1cncc(F)c1)c1cn(-c2cncc(C(=O)O)c2)nn1. The van der Waals surface area contributed by atoms with Crippen molar-refractivity contribution < 1.29 is 19.1 Å². The lowest BCUT2D eigenvalue weighted by atomic mass is 9.85. The van der Waals surface area contributed by atoms with Crippen molar-refractivity contribution in [1.29, 1.82) is 0 Å². The van der Waals surface area contributed by atoms with Crippen LogP contribution in [0.2, 0.25) is 0 Å². The highest BCUT2D eigenvalue weighted by molar-refractivity contribution is 5.94. The van der Waals surface area contributed by atoms with Crippen LogP contribution in [0.5, 0.6) is 0 Å². The van der Waals surface area contributed by atoms with Gasteiger partial charge in [0.15, 0.2) is 0 Å². The molecule has 10 heteroatoms. The van der Waals surface area contributed by atoms with E-state index in [1.165, 1.54) is 29.3 Å². The van der Waals surface area contributed by atoms with E-state index in [1.807, 2.05) is 20.8 Å². The summed E-state index contributed by atoms with van der Waals surface area (Å²) in [4.78, 5) is 31.3. The van der Waals surface area contributed by atoms with Crippen LogP contribution in [0, 0.1) is 11.2 Å². The van der Waals surface area contributed by atoms with Crippen LogP contribution in [0.3, 0.4) is 0 Å². The molecule has 1 amide bonds. The van der Waals surface area contributed by atoms with E-state index >= 15 is 0 Å². The second kappa shape index (κ2) is 7.74. The van der Waals surface area contributed by atoms with Crippen molar-refractivity contribution in [3.63, 3.8) is 0 Å². The molecule has 3 aromatic heterocycles. The van der Waals surface area contributed by atoms with Gasteiger partial charge in [-0.3, -0.25) is 14.8 Å². The van der Waals surface area contributed by atoms with Crippen molar-refractivity contribution in [2.45, 2.75) is 26.8 Å². The summed E-state index contributed by atoms with van der Waals surface area (Å²) in [7, 11) is 0. The molecule has 0 aromatic carbocycles. The molecular formula is C19H19FN6O3. The Kier molecular flexibility index (Phi) is 5.35. The van der Waals surface area contributed by atoms with Crippen LogP contribution in [0.15, 0.2) is 43.1 Å². The molecule has 29 heavy (non-hydrogen) atoms. The van der Waals surface area contributed by atoms with Crippen molar-refractivity contribution in [3.8, 4) is 5.69 Å². The number of halogens is 1. The van der Waals surface area contributed by atoms with Crippen LogP contribution in [0.4, 0.5) is 4.39 Å². The summed E-state index contributed by atoms with van der Waals surface area (Å²) in [5.41, 5.74) is 0.523. The van der Waals surface area contributed by atoms with Crippen LogP contribution in [0.1, 0.15) is 53.2 Å². The first-order chi connectivity index (χ1) is 13.6. The fraction of sp³-hybridized carbons (Fsp3) is 0.263. The molecule has 0 spiro atoms. The quantitative estimate of drug-likeness (QED) is 0.676. The molecule has 3 rings (SSSR count). The molecule has 9 nitrogen and oxygen atoms in total. The summed E-state index contributed by atoms with van der Waals surface area (Å²) >= 11 is 0. The lowest BCUT2D eigenvalue weighted by Crippen LogP contribution is -2.37. The van der Waals surface area contributed by atoms with Gasteiger partial charge in [-0.05, 0) is 17.5 Å². The standard InChI is InChI=1S/C19H19FN6O3/c1-19(2,3)16(23-17(27)11-4-13(20)8-21-6-11)15-10-26(25-24-15)14-5-12(18(28)29)7-22-9-14/h4-10,16H,1-3H3,(H,23,27)(H,28,29). The molecule has 3 heterocycles. The van der Waals surface area contributed by atoms with Gasteiger partial charge >= 0.3 is 5.97 Å². The van der Waals surface area contributed by atoms with Crippen LogP contribution in [-0.2, 0) is 0 Å². The fourth-order valence-electron chi connectivity index (χ4n) is 2.69. The molecule has 0 saturated heterocycles. The van der Waals surface area contributed by atoms with Crippen molar-refractivity contribution in [3.05, 3.63) is 65.8 Å². The first-order valence-electron chi connectivity index (χ1n) is 8.67. The normalized spacial score (nSPS) is 12.4. The molecule has 0 aliphatic rings. The smallest absolute Gasteiger partial charge is 0.337 e. The number of aromatic nitrogens is 5. The third-order valence-electron chi connectivity index (χ3n) is 4.15. The van der Waals surface area contributed by atoms with Gasteiger partial charge in [-0.2, -0.15) is 0 Å². The maximum atomic E-state index is 13.4. The highest BCUT2D eigenvalue weighted by Crippen LogP contribution is 2.32. The Morgan fingerprint density at radius 3 is 2.45 bits per heavy atom. The van der Waals surface area contributed by atoms with Gasteiger partial charge in [0.1, 0.15) is 11.5 Å². The Balaban J connectivity index is 1.90. The molecule has 0 fully saturated rings. The lowest BCUT2D eigenvalue weighted by Gasteiger charge is -2.29. The summed E-state index contributed by atoms with van der Waals surface area (Å²) in [6.45, 7) is 5.73. The minimum atomic E-state index is -1.11. The monoisotopic (exact) mass is 398 g/mol. The number of amides is 1. The summed E-state index contributed by atoms with van der Waals surface area (Å²) in [5, 5.41) is 20.1. The third-order valence-corrected chi connectivity index (χ3v) is 4.15. The van der Waals surface area contributed by atoms with Gasteiger partial charge < -0.3 is 10.4 Å². The van der Waals surface area contributed by atoms with E-state index in [2.05, 4.69) is 25.6 Å². The molecule has 150 valence electrons. The fourth-order valence-corrected chi connectivity index (χ4v) is 2.69. The predicted octanol–water partition coefficient (Wildman–Crippen LogP) is 2.41. The Labute approximate surface area is 165 Å². The van der Waals surface area contributed by atoms with E-state index in [0.717, 1.165) is 12.3 Å². The van der Waals surface area contributed by atoms with E-state index in [9.17, 15) is 14.0 Å². The van der Waals surface area contributed by atoms with Gasteiger partial charge in [-0.15, -0.1) is 5.10 Å². The molecule has 2 N–H and O–H groups in total. The number of carbonyl (C=O) groups is 2. The molecule has 0 bridgehead atoms. The zero-order valence-electron chi connectivity index (χ0n) is 16.0. The minimum Gasteiger partial charge on any atom is -0.478 e. The van der Waals surface area contributed by atoms with Crippen molar-refractivity contribution in [2.75, 3.05) is 0 Å². The molecule has 0 aliphatic heterocycles. The number of nitrogens with zero attached hydrogens (tertiary/aromatic N) is 5. The summed E-state index contributed by atoms with van der Waals surface area (Å²) in [6.07, 6.45) is 6.56. The molecular weight excluding hydrogens is 379 g/mol. The van der Waals surface area contributed by atoms with Crippen molar-refractivity contribution >= 4 is 11.9 Å². The Hall–Kier alpha value is -3.69. The zero-order valence-corrected chi connectivity index (χ0v) is 16.0. The maximum absolute atomic E-state index is 13.4. The second-order valence-electron chi connectivity index (χ2n) is 7.49. The minimum absolute atomic E-state index is 0.0128. The zero-order chi connectivity index (χ0) is 21.2. The summed E-state index contributed by atoms with van der Waals surface area (Å²) in [5.74, 6) is -2.22. The molecule has 0 saturated carbocycles. The second-order valence-corrected chi connectivity index (χ2v) is 7.49. The van der Waals surface area contributed by atoms with Crippen LogP contribution in [0.25, 0.3) is 5.69 Å². The van der Waals surface area contributed by atoms with E-state index in [0.29, 0.717) is 11.4 Å². The Morgan fingerprint density at radius 2 is 1.79 bits per heavy atom. The van der Waals surface area contributed by atoms with E-state index in [4.69, 9.17) is 5.11 Å². The first-order valence-corrected chi connectivity index (χ1v) is 8.67. The average Bonchev–Trinajstić information content (AvgIpc) is 3.14. The topological polar surface area (TPSA) is 123 Å². The average molecular weight is 398 g/mol. The van der Waals surface area contributed by atoms with Gasteiger partial charge in [0, 0.05) is 12.4 Å². The number of hydrogen-bond donors (Lipinski definition) is 2. The van der Waals surface area contributed by atoms with E-state index in [-0.39, 0.29) is 11.1 Å². The number of carbonyl (C=O) groups excluding carboxylic acids is 1. The van der Waals surface area contributed by atoms with Crippen LogP contribution >= 0.6 is 0 Å². The highest BCUT2D eigenvalue weighted by atomic mass is 19.1. The number of carboxylic acids is 1. The van der Waals surface area contributed by atoms with Crippen LogP contribution in [-0.4, -0.2) is 41.9 Å². The third kappa shape index (κ3) is 4.60. The molecule has 0 aliphatic carbocycles. The number of hydrogen-bond acceptors (Lipinski definition) is 6. The summed E-state index contributed by atoms with van der Waals surface area (Å²) in [6, 6.07) is 1.96. The Bertz CT molecular complexity index is 1060. The van der Waals surface area contributed by atoms with Gasteiger partial charge in [0.25, 0.3) is 5.91 Å². The highest BCUT2D eigenvalue weighted by Gasteiger charge is 2.31. The van der Waals surface area contributed by atoms with Crippen LogP contribution < -0.4 is 5.32 Å². The number of pyridine rings is 2. The van der Waals surface area contributed by atoms with Crippen molar-refractivity contribution in [2.24, 2.45) is 5.41 Å². The first kappa shape index (κ1) is 20.1. The molecule has 1 atom stereocenters. The maximum Gasteiger partial charge on any atom is 0.337 e. The van der Waals surface area contributed by atoms with Gasteiger partial charge in [-0.25, -0.2) is 13.9 Å². The Morgan fingerprint density at radius 1 is 1.10 bits per heavy atom. The lowest BCUT2D eigenvalue weighted by molar-refractivity contribution is 0.0696. The molecule has 1 unspecified atom stereocenters. The van der Waals surface area contributed by atoms with E-state index in [1.54, 1.807) is 6.20 Å². The van der Waals surface area contributed by atoms with Gasteiger partial charge in [0.2, 0.25) is 0 Å².